The molecule has 7 rings (SSSR count). The highest BCUT2D eigenvalue weighted by Gasteiger charge is 2.26. The summed E-state index contributed by atoms with van der Waals surface area (Å²) in [6, 6.07) is 21.3. The lowest BCUT2D eigenvalue weighted by molar-refractivity contribution is 0.732. The van der Waals surface area contributed by atoms with Crippen LogP contribution >= 0.6 is 0 Å². The molecule has 238 valence electrons. The zero-order valence-electron chi connectivity index (χ0n) is 28.6. The van der Waals surface area contributed by atoms with Gasteiger partial charge in [0.1, 0.15) is 0 Å². The molecule has 0 saturated heterocycles. The van der Waals surface area contributed by atoms with Crippen LogP contribution in [0.2, 0.25) is 0 Å². The summed E-state index contributed by atoms with van der Waals surface area (Å²) in [7, 11) is 0. The van der Waals surface area contributed by atoms with Gasteiger partial charge in [0.05, 0.1) is 5.69 Å². The molecule has 0 fully saturated rings. The maximum absolute atomic E-state index is 4.22. The summed E-state index contributed by atoms with van der Waals surface area (Å²) < 4.78 is 0. The Morgan fingerprint density at radius 2 is 1.72 bits per heavy atom. The van der Waals surface area contributed by atoms with Gasteiger partial charge in [0.15, 0.2) is 0 Å². The predicted octanol–water partition coefficient (Wildman–Crippen LogP) is 12.9. The van der Waals surface area contributed by atoms with Gasteiger partial charge in [-0.2, -0.15) is 0 Å². The quantitative estimate of drug-likeness (QED) is 0.204. The predicted molar refractivity (Wildman–Crippen MR) is 209 cm³/mol. The Morgan fingerprint density at radius 1 is 0.979 bits per heavy atom. The smallest absolute Gasteiger partial charge is 0.0543 e. The van der Waals surface area contributed by atoms with Gasteiger partial charge in [0.2, 0.25) is 0 Å². The fourth-order valence-corrected chi connectivity index (χ4v) is 5.76. The summed E-state index contributed by atoms with van der Waals surface area (Å²) >= 11 is 0. The van der Waals surface area contributed by atoms with Gasteiger partial charge >= 0.3 is 0 Å². The zero-order chi connectivity index (χ0) is 33.4. The van der Waals surface area contributed by atoms with E-state index in [0.717, 1.165) is 40.9 Å². The molecule has 0 aromatic heterocycles. The minimum atomic E-state index is 0.500. The second-order valence-electron chi connectivity index (χ2n) is 13.0. The topological polar surface area (TPSA) is 24.1 Å². The van der Waals surface area contributed by atoms with Crippen molar-refractivity contribution in [1.29, 1.82) is 0 Å². The molecule has 0 radical (unpaired) electrons. The van der Waals surface area contributed by atoms with Crippen LogP contribution in [0.15, 0.2) is 147 Å². The first-order valence-corrected chi connectivity index (χ1v) is 16.7. The molecule has 0 amide bonds. The summed E-state index contributed by atoms with van der Waals surface area (Å²) in [5.74, 6) is 0.598. The Kier molecular flexibility index (Phi) is 10.6. The first kappa shape index (κ1) is 33.3. The van der Waals surface area contributed by atoms with Crippen molar-refractivity contribution in [2.45, 2.75) is 47.5 Å². The Balaban J connectivity index is 0.000000204. The number of allylic oxidation sites excluding steroid dienone is 15. The van der Waals surface area contributed by atoms with Crippen molar-refractivity contribution in [2.24, 2.45) is 11.3 Å². The van der Waals surface area contributed by atoms with E-state index in [-0.39, 0.29) is 0 Å². The molecule has 3 aromatic rings. The van der Waals surface area contributed by atoms with E-state index in [2.05, 4.69) is 167 Å². The van der Waals surface area contributed by atoms with Crippen molar-refractivity contribution in [3.63, 3.8) is 0 Å². The lowest BCUT2D eigenvalue weighted by Gasteiger charge is -2.22. The van der Waals surface area contributed by atoms with Crippen molar-refractivity contribution < 1.29 is 0 Å². The number of benzene rings is 3. The lowest BCUT2D eigenvalue weighted by atomic mass is 9.92. The van der Waals surface area contributed by atoms with Gasteiger partial charge < -0.3 is 10.6 Å². The molecule has 1 heterocycles. The van der Waals surface area contributed by atoms with Crippen molar-refractivity contribution in [3.05, 3.63) is 175 Å². The number of rotatable bonds is 7. The fourth-order valence-electron chi connectivity index (χ4n) is 5.76. The van der Waals surface area contributed by atoms with Crippen LogP contribution in [0.5, 0.6) is 0 Å². The van der Waals surface area contributed by atoms with E-state index in [4.69, 9.17) is 0 Å². The molecule has 1 aliphatic heterocycles. The Labute approximate surface area is 282 Å². The van der Waals surface area contributed by atoms with E-state index in [1.165, 1.54) is 39.1 Å². The summed E-state index contributed by atoms with van der Waals surface area (Å²) in [5.41, 5.74) is 14.8. The largest absolute Gasteiger partial charge is 0.361 e. The van der Waals surface area contributed by atoms with E-state index >= 15 is 0 Å². The fraction of sp³-hybridized carbons (Fsp3) is 0.200. The van der Waals surface area contributed by atoms with E-state index in [9.17, 15) is 0 Å². The van der Waals surface area contributed by atoms with Crippen LogP contribution in [0, 0.1) is 18.3 Å². The highest BCUT2D eigenvalue weighted by atomic mass is 14.9. The second kappa shape index (κ2) is 15.0. The molecule has 0 spiro atoms. The van der Waals surface area contributed by atoms with Crippen molar-refractivity contribution in [1.82, 2.24) is 0 Å². The third-order valence-corrected chi connectivity index (χ3v) is 8.55. The number of fused-ring (bicyclic) bond motifs is 3. The molecule has 3 aliphatic carbocycles. The van der Waals surface area contributed by atoms with Gasteiger partial charge in [-0.3, -0.25) is 0 Å². The Bertz CT molecular complexity index is 1860. The van der Waals surface area contributed by atoms with Crippen molar-refractivity contribution in [3.8, 4) is 0 Å². The molecular formula is C45H48N2. The first-order valence-electron chi connectivity index (χ1n) is 16.7. The van der Waals surface area contributed by atoms with Gasteiger partial charge in [-0.15, -0.1) is 0 Å². The van der Waals surface area contributed by atoms with E-state index < -0.39 is 0 Å². The number of para-hydroxylation sites is 2. The molecule has 1 unspecified atom stereocenters. The normalized spacial score (nSPS) is 17.6. The SMILES string of the molecule is C1=CC2C=C2c2ccccc2N1.C=C/C(=C\C=C/C)c1cccc(C2=CCCC=C2)c1Nc1cccc(C)c1C(=C)C.CC1(C)C=C1. The molecule has 0 saturated carbocycles. The summed E-state index contributed by atoms with van der Waals surface area (Å²) in [6.07, 6.45) is 28.0. The Hall–Kier alpha value is -5.08. The van der Waals surface area contributed by atoms with E-state index in [1.807, 2.05) is 25.3 Å². The summed E-state index contributed by atoms with van der Waals surface area (Å²) in [5, 5.41) is 7.04. The maximum Gasteiger partial charge on any atom is 0.0543 e. The van der Waals surface area contributed by atoms with E-state index in [0.29, 0.717) is 11.3 Å². The molecular weight excluding hydrogens is 569 g/mol. The van der Waals surface area contributed by atoms with Gasteiger partial charge in [-0.1, -0.05) is 142 Å². The van der Waals surface area contributed by atoms with E-state index in [1.54, 1.807) is 0 Å². The highest BCUT2D eigenvalue weighted by molar-refractivity contribution is 5.94. The molecule has 3 aromatic carbocycles. The molecule has 2 nitrogen and oxygen atoms in total. The number of hydrogen-bond acceptors (Lipinski definition) is 2. The third-order valence-electron chi connectivity index (χ3n) is 8.55. The summed E-state index contributed by atoms with van der Waals surface area (Å²) in [4.78, 5) is 0. The van der Waals surface area contributed by atoms with Crippen molar-refractivity contribution >= 4 is 39.4 Å². The molecule has 4 aliphatic rings. The molecule has 47 heavy (non-hydrogen) atoms. The average molecular weight is 617 g/mol. The molecule has 1 atom stereocenters. The monoisotopic (exact) mass is 616 g/mol. The number of anilines is 3. The average Bonchev–Trinajstić information content (AvgIpc) is 4.00. The standard InChI is InChI=1S/C29H31N.C11H9N.C5H8/c1-6-8-15-23(7-2)25-18-13-19-26(24-16-10-9-11-17-24)29(25)30-27-20-12-14-22(5)28(27)21(3)4;1-2-4-11-9(3-1)10-7-8(10)5-6-12-11;1-5(2)3-4-5/h6-8,10,12-20,30H,2-3,9,11H2,1,4-5H3;1-8,12H;3-4H,1-2H3/b8-6-,23-15+;;. The van der Waals surface area contributed by atoms with Crippen LogP contribution in [-0.4, -0.2) is 0 Å². The maximum atomic E-state index is 4.22. The Morgan fingerprint density at radius 3 is 2.40 bits per heavy atom. The molecule has 0 bridgehead atoms. The van der Waals surface area contributed by atoms with Gasteiger partial charge in [0, 0.05) is 45.0 Å². The summed E-state index contributed by atoms with van der Waals surface area (Å²) in [6.45, 7) is 18.9. The lowest BCUT2D eigenvalue weighted by Crippen LogP contribution is -2.03. The van der Waals surface area contributed by atoms with Crippen LogP contribution in [-0.2, 0) is 0 Å². The number of nitrogens with one attached hydrogen (secondary N) is 2. The highest BCUT2D eigenvalue weighted by Crippen LogP contribution is 2.44. The number of hydrogen-bond donors (Lipinski definition) is 2. The van der Waals surface area contributed by atoms with Gasteiger partial charge in [-0.25, -0.2) is 0 Å². The van der Waals surface area contributed by atoms with Crippen LogP contribution < -0.4 is 10.6 Å². The molecule has 2 N–H and O–H groups in total. The third kappa shape index (κ3) is 8.60. The number of aryl methyl sites for hydroxylation is 1. The minimum Gasteiger partial charge on any atom is -0.361 e. The van der Waals surface area contributed by atoms with Crippen LogP contribution in [0.1, 0.15) is 68.4 Å². The molecule has 2 heteroatoms. The van der Waals surface area contributed by atoms with Crippen molar-refractivity contribution in [2.75, 3.05) is 10.6 Å². The van der Waals surface area contributed by atoms with Gasteiger partial charge in [-0.05, 0) is 79.8 Å². The van der Waals surface area contributed by atoms with Crippen LogP contribution in [0.4, 0.5) is 17.1 Å². The second-order valence-corrected chi connectivity index (χ2v) is 13.0. The minimum absolute atomic E-state index is 0.500. The van der Waals surface area contributed by atoms with Crippen LogP contribution in [0.25, 0.3) is 22.3 Å². The van der Waals surface area contributed by atoms with Gasteiger partial charge in [0.25, 0.3) is 0 Å². The van der Waals surface area contributed by atoms with Crippen LogP contribution in [0.3, 0.4) is 0 Å². The first-order chi connectivity index (χ1) is 22.7. The zero-order valence-corrected chi connectivity index (χ0v) is 28.6.